The molecule has 0 heterocycles. The maximum absolute atomic E-state index is 13.3. The Morgan fingerprint density at radius 3 is 2.81 bits per heavy atom. The highest BCUT2D eigenvalue weighted by Gasteiger charge is 2.04. The fraction of sp³-hybridized carbons (Fsp3) is 0.222. The first kappa shape index (κ1) is 15.1. The van der Waals surface area contributed by atoms with Gasteiger partial charge in [0.2, 0.25) is 0 Å². The van der Waals surface area contributed by atoms with Crippen molar-refractivity contribution < 1.29 is 9.13 Å². The lowest BCUT2D eigenvalue weighted by atomic mass is 10.1. The minimum atomic E-state index is -0.312. The number of hydrogen-bond donors (Lipinski definition) is 1. The van der Waals surface area contributed by atoms with Crippen LogP contribution in [0.4, 0.5) is 4.39 Å². The van der Waals surface area contributed by atoms with Gasteiger partial charge in [-0.15, -0.1) is 0 Å². The molecule has 0 aliphatic heterocycles. The third-order valence-corrected chi connectivity index (χ3v) is 3.10. The molecule has 0 aliphatic carbocycles. The van der Waals surface area contributed by atoms with Gasteiger partial charge in [-0.25, -0.2) is 4.39 Å². The SMILES string of the molecule is CCc1cccc(OCc2ccc(F)cc2C#CCN)c1. The zero-order chi connectivity index (χ0) is 15.1. The van der Waals surface area contributed by atoms with Crippen molar-refractivity contribution in [2.75, 3.05) is 6.54 Å². The number of rotatable bonds is 4. The second-order valence-electron chi connectivity index (χ2n) is 4.60. The van der Waals surface area contributed by atoms with Crippen LogP contribution >= 0.6 is 0 Å². The van der Waals surface area contributed by atoms with Gasteiger partial charge in [0.05, 0.1) is 6.54 Å². The Kier molecular flexibility index (Phi) is 5.36. The summed E-state index contributed by atoms with van der Waals surface area (Å²) < 4.78 is 19.1. The van der Waals surface area contributed by atoms with E-state index in [9.17, 15) is 4.39 Å². The maximum atomic E-state index is 13.3. The molecule has 0 radical (unpaired) electrons. The van der Waals surface area contributed by atoms with Gasteiger partial charge in [-0.05, 0) is 36.2 Å². The van der Waals surface area contributed by atoms with E-state index in [1.807, 2.05) is 18.2 Å². The summed E-state index contributed by atoms with van der Waals surface area (Å²) in [5, 5.41) is 0. The Balaban J connectivity index is 2.15. The van der Waals surface area contributed by atoms with Gasteiger partial charge in [-0.1, -0.05) is 37.0 Å². The molecule has 21 heavy (non-hydrogen) atoms. The van der Waals surface area contributed by atoms with Crippen molar-refractivity contribution >= 4 is 0 Å². The summed E-state index contributed by atoms with van der Waals surface area (Å²) in [7, 11) is 0. The van der Waals surface area contributed by atoms with Crippen LogP contribution in [0.25, 0.3) is 0 Å². The van der Waals surface area contributed by atoms with Crippen molar-refractivity contribution in [1.29, 1.82) is 0 Å². The first-order valence-corrected chi connectivity index (χ1v) is 6.92. The molecule has 0 saturated carbocycles. The molecular formula is C18H18FNO. The van der Waals surface area contributed by atoms with E-state index in [4.69, 9.17) is 10.5 Å². The molecule has 0 bridgehead atoms. The van der Waals surface area contributed by atoms with E-state index >= 15 is 0 Å². The monoisotopic (exact) mass is 283 g/mol. The summed E-state index contributed by atoms with van der Waals surface area (Å²) in [4.78, 5) is 0. The Morgan fingerprint density at radius 2 is 2.05 bits per heavy atom. The lowest BCUT2D eigenvalue weighted by Crippen LogP contribution is -2.00. The topological polar surface area (TPSA) is 35.2 Å². The van der Waals surface area contributed by atoms with Crippen LogP contribution in [0.3, 0.4) is 0 Å². The van der Waals surface area contributed by atoms with Gasteiger partial charge in [0.1, 0.15) is 18.2 Å². The molecule has 2 aromatic rings. The summed E-state index contributed by atoms with van der Waals surface area (Å²) in [5.41, 5.74) is 8.04. The third-order valence-electron chi connectivity index (χ3n) is 3.10. The van der Waals surface area contributed by atoms with Gasteiger partial charge in [-0.2, -0.15) is 0 Å². The fourth-order valence-electron chi connectivity index (χ4n) is 1.95. The van der Waals surface area contributed by atoms with Gasteiger partial charge < -0.3 is 10.5 Å². The number of aryl methyl sites for hydroxylation is 1. The van der Waals surface area contributed by atoms with Gasteiger partial charge in [-0.3, -0.25) is 0 Å². The van der Waals surface area contributed by atoms with E-state index in [1.54, 1.807) is 6.07 Å². The normalized spacial score (nSPS) is 9.86. The lowest BCUT2D eigenvalue weighted by Gasteiger charge is -2.09. The van der Waals surface area contributed by atoms with Crippen molar-refractivity contribution in [3.63, 3.8) is 0 Å². The molecule has 0 saturated heterocycles. The largest absolute Gasteiger partial charge is 0.489 e. The van der Waals surface area contributed by atoms with E-state index in [0.717, 1.165) is 17.7 Å². The van der Waals surface area contributed by atoms with Crippen molar-refractivity contribution in [3.8, 4) is 17.6 Å². The average molecular weight is 283 g/mol. The Morgan fingerprint density at radius 1 is 1.19 bits per heavy atom. The number of halogens is 1. The predicted octanol–water partition coefficient (Wildman–Crippen LogP) is 3.28. The molecule has 0 aromatic heterocycles. The molecule has 0 atom stereocenters. The molecule has 0 spiro atoms. The highest BCUT2D eigenvalue weighted by atomic mass is 19.1. The zero-order valence-corrected chi connectivity index (χ0v) is 12.0. The van der Waals surface area contributed by atoms with Crippen LogP contribution in [0, 0.1) is 17.7 Å². The van der Waals surface area contributed by atoms with Gasteiger partial charge in [0.15, 0.2) is 0 Å². The molecule has 2 rings (SSSR count). The quantitative estimate of drug-likeness (QED) is 0.874. The molecule has 0 amide bonds. The molecular weight excluding hydrogens is 265 g/mol. The van der Waals surface area contributed by atoms with E-state index in [2.05, 4.69) is 24.8 Å². The summed E-state index contributed by atoms with van der Waals surface area (Å²) >= 11 is 0. The van der Waals surface area contributed by atoms with Gasteiger partial charge in [0, 0.05) is 11.1 Å². The fourth-order valence-corrected chi connectivity index (χ4v) is 1.95. The number of benzene rings is 2. The van der Waals surface area contributed by atoms with Crippen molar-refractivity contribution in [1.82, 2.24) is 0 Å². The molecule has 2 nitrogen and oxygen atoms in total. The van der Waals surface area contributed by atoms with Crippen molar-refractivity contribution in [3.05, 3.63) is 65.0 Å². The van der Waals surface area contributed by atoms with Crippen LogP contribution in [-0.4, -0.2) is 6.54 Å². The molecule has 2 N–H and O–H groups in total. The second-order valence-corrected chi connectivity index (χ2v) is 4.60. The molecule has 0 fully saturated rings. The van der Waals surface area contributed by atoms with Crippen molar-refractivity contribution in [2.45, 2.75) is 20.0 Å². The molecule has 0 aliphatic rings. The Hall–Kier alpha value is -2.31. The first-order chi connectivity index (χ1) is 10.2. The number of hydrogen-bond acceptors (Lipinski definition) is 2. The van der Waals surface area contributed by atoms with Crippen molar-refractivity contribution in [2.24, 2.45) is 5.73 Å². The van der Waals surface area contributed by atoms with E-state index in [0.29, 0.717) is 12.2 Å². The molecule has 3 heteroatoms. The Bertz CT molecular complexity index is 670. The third kappa shape index (κ3) is 4.34. The Labute approximate surface area is 124 Å². The van der Waals surface area contributed by atoms with E-state index in [1.165, 1.54) is 17.7 Å². The van der Waals surface area contributed by atoms with Crippen LogP contribution in [-0.2, 0) is 13.0 Å². The smallest absolute Gasteiger partial charge is 0.124 e. The maximum Gasteiger partial charge on any atom is 0.124 e. The molecule has 2 aromatic carbocycles. The zero-order valence-electron chi connectivity index (χ0n) is 12.0. The van der Waals surface area contributed by atoms with Gasteiger partial charge in [0.25, 0.3) is 0 Å². The van der Waals surface area contributed by atoms with Gasteiger partial charge >= 0.3 is 0 Å². The number of nitrogens with two attached hydrogens (primary N) is 1. The summed E-state index contributed by atoms with van der Waals surface area (Å²) in [5.74, 6) is 6.11. The minimum Gasteiger partial charge on any atom is -0.489 e. The number of ether oxygens (including phenoxy) is 1. The minimum absolute atomic E-state index is 0.245. The van der Waals surface area contributed by atoms with Crippen LogP contribution in [0.1, 0.15) is 23.6 Å². The summed E-state index contributed by atoms with van der Waals surface area (Å²) in [6, 6.07) is 12.5. The highest BCUT2D eigenvalue weighted by Crippen LogP contribution is 2.17. The van der Waals surface area contributed by atoms with Crippen LogP contribution < -0.4 is 10.5 Å². The van der Waals surface area contributed by atoms with Crippen LogP contribution in [0.15, 0.2) is 42.5 Å². The average Bonchev–Trinajstić information content (AvgIpc) is 2.52. The highest BCUT2D eigenvalue weighted by molar-refractivity contribution is 5.42. The van der Waals surface area contributed by atoms with Crippen LogP contribution in [0.2, 0.25) is 0 Å². The predicted molar refractivity (Wildman–Crippen MR) is 82.5 cm³/mol. The summed E-state index contributed by atoms with van der Waals surface area (Å²) in [6.07, 6.45) is 0.959. The standard InChI is InChI=1S/C18H18FNO/c1-2-14-5-3-7-18(11-14)21-13-16-8-9-17(19)12-15(16)6-4-10-20/h3,5,7-9,11-12H,2,10,13,20H2,1H3. The van der Waals surface area contributed by atoms with Crippen LogP contribution in [0.5, 0.6) is 5.75 Å². The second kappa shape index (κ2) is 7.47. The first-order valence-electron chi connectivity index (χ1n) is 6.92. The summed E-state index contributed by atoms with van der Waals surface area (Å²) in [6.45, 7) is 2.69. The molecule has 108 valence electrons. The van der Waals surface area contributed by atoms with E-state index in [-0.39, 0.29) is 12.4 Å². The lowest BCUT2D eigenvalue weighted by molar-refractivity contribution is 0.305. The molecule has 0 unspecified atom stereocenters. The van der Waals surface area contributed by atoms with E-state index < -0.39 is 0 Å².